The van der Waals surface area contributed by atoms with Gasteiger partial charge in [0.25, 0.3) is 0 Å². The largest absolute Gasteiger partial charge is 0.486 e. The predicted molar refractivity (Wildman–Crippen MR) is 96.0 cm³/mol. The van der Waals surface area contributed by atoms with Gasteiger partial charge >= 0.3 is 0 Å². The predicted octanol–water partition coefficient (Wildman–Crippen LogP) is 4.80. The molecule has 3 nitrogen and oxygen atoms in total. The number of para-hydroxylation sites is 2. The van der Waals surface area contributed by atoms with Gasteiger partial charge in [0, 0.05) is 6.54 Å². The van der Waals surface area contributed by atoms with Crippen molar-refractivity contribution in [2.45, 2.75) is 13.2 Å². The Morgan fingerprint density at radius 1 is 0.840 bits per heavy atom. The summed E-state index contributed by atoms with van der Waals surface area (Å²) in [5.41, 5.74) is 3.22. The maximum absolute atomic E-state index is 13.0. The van der Waals surface area contributed by atoms with Crippen LogP contribution in [-0.4, -0.2) is 9.55 Å². The Bertz CT molecular complexity index is 978. The van der Waals surface area contributed by atoms with E-state index in [9.17, 15) is 4.39 Å². The van der Waals surface area contributed by atoms with Crippen molar-refractivity contribution in [1.82, 2.24) is 9.55 Å². The molecule has 124 valence electrons. The first kappa shape index (κ1) is 15.4. The number of halogens is 1. The van der Waals surface area contributed by atoms with E-state index in [-0.39, 0.29) is 5.82 Å². The van der Waals surface area contributed by atoms with Gasteiger partial charge in [-0.2, -0.15) is 0 Å². The van der Waals surface area contributed by atoms with Crippen LogP contribution in [0.2, 0.25) is 0 Å². The summed E-state index contributed by atoms with van der Waals surface area (Å²) in [6.07, 6.45) is 0. The monoisotopic (exact) mass is 332 g/mol. The van der Waals surface area contributed by atoms with Crippen LogP contribution in [0.25, 0.3) is 11.0 Å². The first-order valence-corrected chi connectivity index (χ1v) is 8.16. The molecular weight excluding hydrogens is 315 g/mol. The second-order valence-electron chi connectivity index (χ2n) is 5.83. The number of hydrogen-bond acceptors (Lipinski definition) is 2. The first-order chi connectivity index (χ1) is 12.3. The Balaban J connectivity index is 1.65. The molecular formula is C21H17FN2O. The molecule has 0 fully saturated rings. The van der Waals surface area contributed by atoms with E-state index < -0.39 is 0 Å². The van der Waals surface area contributed by atoms with E-state index in [1.807, 2.05) is 36.4 Å². The van der Waals surface area contributed by atoms with Gasteiger partial charge in [0.15, 0.2) is 0 Å². The molecule has 1 aromatic heterocycles. The highest BCUT2D eigenvalue weighted by atomic mass is 19.1. The highest BCUT2D eigenvalue weighted by molar-refractivity contribution is 5.76. The Kier molecular flexibility index (Phi) is 4.17. The molecule has 3 aromatic carbocycles. The second-order valence-corrected chi connectivity index (χ2v) is 5.83. The number of ether oxygens (including phenoxy) is 1. The molecule has 0 saturated carbocycles. The lowest BCUT2D eigenvalue weighted by Crippen LogP contribution is -2.08. The molecule has 4 aromatic rings. The summed E-state index contributed by atoms with van der Waals surface area (Å²) in [6.45, 7) is 1.05. The Hall–Kier alpha value is -3.14. The van der Waals surface area contributed by atoms with Gasteiger partial charge < -0.3 is 9.30 Å². The molecule has 1 heterocycles. The summed E-state index contributed by atoms with van der Waals surface area (Å²) in [4.78, 5) is 4.71. The fraction of sp³-hybridized carbons (Fsp3) is 0.0952. The van der Waals surface area contributed by atoms with Crippen molar-refractivity contribution >= 4 is 11.0 Å². The van der Waals surface area contributed by atoms with Gasteiger partial charge in [-0.1, -0.05) is 42.5 Å². The van der Waals surface area contributed by atoms with Gasteiger partial charge in [0.1, 0.15) is 24.0 Å². The normalized spacial score (nSPS) is 10.9. The van der Waals surface area contributed by atoms with Gasteiger partial charge in [-0.3, -0.25) is 0 Å². The van der Waals surface area contributed by atoms with E-state index in [1.54, 1.807) is 12.1 Å². The standard InChI is InChI=1S/C21H17FN2O/c22-17-10-12-18(13-11-17)25-15-21-23-19-8-4-5-9-20(19)24(21)14-16-6-2-1-3-7-16/h1-13H,14-15H2. The number of benzene rings is 3. The molecule has 0 saturated heterocycles. The van der Waals surface area contributed by atoms with Crippen molar-refractivity contribution in [2.24, 2.45) is 0 Å². The maximum Gasteiger partial charge on any atom is 0.148 e. The quantitative estimate of drug-likeness (QED) is 0.525. The SMILES string of the molecule is Fc1ccc(OCc2nc3ccccc3n2Cc2ccccc2)cc1. The molecule has 25 heavy (non-hydrogen) atoms. The van der Waals surface area contributed by atoms with Crippen LogP contribution in [0, 0.1) is 5.82 Å². The highest BCUT2D eigenvalue weighted by Crippen LogP contribution is 2.20. The highest BCUT2D eigenvalue weighted by Gasteiger charge is 2.11. The average Bonchev–Trinajstić information content (AvgIpc) is 3.00. The van der Waals surface area contributed by atoms with Crippen molar-refractivity contribution in [2.75, 3.05) is 0 Å². The summed E-state index contributed by atoms with van der Waals surface area (Å²) in [5, 5.41) is 0. The molecule has 0 radical (unpaired) electrons. The molecule has 0 bridgehead atoms. The number of nitrogens with zero attached hydrogens (tertiary/aromatic N) is 2. The molecule has 0 atom stereocenters. The Labute approximate surface area is 145 Å². The third-order valence-electron chi connectivity index (χ3n) is 4.10. The van der Waals surface area contributed by atoms with Crippen molar-refractivity contribution in [3.8, 4) is 5.75 Å². The maximum atomic E-state index is 13.0. The summed E-state index contributed by atoms with van der Waals surface area (Å²) in [6, 6.07) is 24.3. The number of fused-ring (bicyclic) bond motifs is 1. The average molecular weight is 332 g/mol. The summed E-state index contributed by atoms with van der Waals surface area (Å²) >= 11 is 0. The lowest BCUT2D eigenvalue weighted by Gasteiger charge is -2.11. The van der Waals surface area contributed by atoms with Crippen molar-refractivity contribution in [1.29, 1.82) is 0 Å². The van der Waals surface area contributed by atoms with Crippen LogP contribution in [0.3, 0.4) is 0 Å². The zero-order valence-corrected chi connectivity index (χ0v) is 13.6. The fourth-order valence-corrected chi connectivity index (χ4v) is 2.86. The third-order valence-corrected chi connectivity index (χ3v) is 4.10. The summed E-state index contributed by atoms with van der Waals surface area (Å²) < 4.78 is 21.0. The molecule has 4 rings (SSSR count). The van der Waals surface area contributed by atoms with Gasteiger partial charge in [0.2, 0.25) is 0 Å². The zero-order valence-electron chi connectivity index (χ0n) is 13.6. The fourth-order valence-electron chi connectivity index (χ4n) is 2.86. The smallest absolute Gasteiger partial charge is 0.148 e. The van der Waals surface area contributed by atoms with E-state index >= 15 is 0 Å². The van der Waals surface area contributed by atoms with Crippen molar-refractivity contribution in [3.05, 3.63) is 96.1 Å². The van der Waals surface area contributed by atoms with Gasteiger partial charge in [-0.15, -0.1) is 0 Å². The molecule has 0 spiro atoms. The first-order valence-electron chi connectivity index (χ1n) is 8.16. The van der Waals surface area contributed by atoms with Crippen LogP contribution in [0.15, 0.2) is 78.9 Å². The van der Waals surface area contributed by atoms with Crippen LogP contribution in [0.5, 0.6) is 5.75 Å². The number of aromatic nitrogens is 2. The molecule has 4 heteroatoms. The van der Waals surface area contributed by atoms with E-state index in [1.165, 1.54) is 17.7 Å². The zero-order chi connectivity index (χ0) is 17.1. The van der Waals surface area contributed by atoms with E-state index in [2.05, 4.69) is 22.8 Å². The lowest BCUT2D eigenvalue weighted by atomic mass is 10.2. The van der Waals surface area contributed by atoms with Crippen LogP contribution >= 0.6 is 0 Å². The number of imidazole rings is 1. The van der Waals surface area contributed by atoms with Crippen molar-refractivity contribution < 1.29 is 9.13 Å². The van der Waals surface area contributed by atoms with Crippen LogP contribution in [-0.2, 0) is 13.2 Å². The van der Waals surface area contributed by atoms with Crippen molar-refractivity contribution in [3.63, 3.8) is 0 Å². The molecule has 0 amide bonds. The van der Waals surface area contributed by atoms with Crippen LogP contribution in [0.1, 0.15) is 11.4 Å². The molecule has 0 N–H and O–H groups in total. The van der Waals surface area contributed by atoms with E-state index in [0.29, 0.717) is 12.4 Å². The molecule has 0 aliphatic carbocycles. The molecule has 0 aliphatic heterocycles. The van der Waals surface area contributed by atoms with Gasteiger partial charge in [0.05, 0.1) is 11.0 Å². The van der Waals surface area contributed by atoms with E-state index in [0.717, 1.165) is 23.4 Å². The second kappa shape index (κ2) is 6.77. The number of rotatable bonds is 5. The minimum Gasteiger partial charge on any atom is -0.486 e. The summed E-state index contributed by atoms with van der Waals surface area (Å²) in [5.74, 6) is 1.19. The minimum absolute atomic E-state index is 0.274. The Morgan fingerprint density at radius 3 is 2.36 bits per heavy atom. The van der Waals surface area contributed by atoms with Crippen LogP contribution < -0.4 is 4.74 Å². The van der Waals surface area contributed by atoms with Gasteiger partial charge in [-0.25, -0.2) is 9.37 Å². The molecule has 0 aliphatic rings. The topological polar surface area (TPSA) is 27.1 Å². The Morgan fingerprint density at radius 2 is 1.56 bits per heavy atom. The number of hydrogen-bond donors (Lipinski definition) is 0. The molecule has 0 unspecified atom stereocenters. The summed E-state index contributed by atoms with van der Waals surface area (Å²) in [7, 11) is 0. The van der Waals surface area contributed by atoms with E-state index in [4.69, 9.17) is 9.72 Å². The minimum atomic E-state index is -0.274. The third kappa shape index (κ3) is 3.38. The van der Waals surface area contributed by atoms with Gasteiger partial charge in [-0.05, 0) is 42.0 Å². The van der Waals surface area contributed by atoms with Crippen LogP contribution in [0.4, 0.5) is 4.39 Å². The lowest BCUT2D eigenvalue weighted by molar-refractivity contribution is 0.291.